The van der Waals surface area contributed by atoms with Crippen molar-refractivity contribution in [1.82, 2.24) is 0 Å². The van der Waals surface area contributed by atoms with Gasteiger partial charge in [-0.1, -0.05) is 18.2 Å². The van der Waals surface area contributed by atoms with E-state index in [1.807, 2.05) is 0 Å². The number of esters is 1. The van der Waals surface area contributed by atoms with E-state index in [4.69, 9.17) is 0 Å². The second-order valence-electron chi connectivity index (χ2n) is 4.83. The average molecular weight is 348 g/mol. The van der Waals surface area contributed by atoms with Crippen LogP contribution in [0.3, 0.4) is 0 Å². The number of benzene rings is 2. The Balaban J connectivity index is 2.64. The summed E-state index contributed by atoms with van der Waals surface area (Å²) in [5, 5.41) is 0. The normalized spacial score (nSPS) is 12.1. The number of carbonyl (C=O) groups excluding carboxylic acids is 1. The van der Waals surface area contributed by atoms with Crippen molar-refractivity contribution in [3.8, 4) is 11.1 Å². The Labute approximate surface area is 132 Å². The molecule has 128 valence electrons. The zero-order chi connectivity index (χ0) is 18.1. The van der Waals surface area contributed by atoms with E-state index < -0.39 is 35.0 Å². The Bertz CT molecular complexity index is 762. The Morgan fingerprint density at radius 3 is 2.12 bits per heavy atom. The fourth-order valence-corrected chi connectivity index (χ4v) is 2.14. The van der Waals surface area contributed by atoms with Gasteiger partial charge in [0.15, 0.2) is 0 Å². The fraction of sp³-hybridized carbons (Fsp3) is 0.188. The first kappa shape index (κ1) is 17.8. The molecule has 0 aromatic heterocycles. The number of methoxy groups -OCH3 is 1. The van der Waals surface area contributed by atoms with E-state index in [1.165, 1.54) is 0 Å². The van der Waals surface area contributed by atoms with E-state index in [0.29, 0.717) is 12.1 Å². The molecule has 2 aromatic carbocycles. The third-order valence-electron chi connectivity index (χ3n) is 3.25. The Morgan fingerprint density at radius 1 is 0.917 bits per heavy atom. The van der Waals surface area contributed by atoms with Gasteiger partial charge in [-0.15, -0.1) is 0 Å². The minimum Gasteiger partial charge on any atom is -0.465 e. The summed E-state index contributed by atoms with van der Waals surface area (Å²) >= 11 is 0. The molecule has 0 N–H and O–H groups in total. The Hall–Kier alpha value is -2.51. The SMILES string of the molecule is COC(=O)c1ccc(-c2cccc(C(F)(F)F)c2)c(C(F)(F)F)c1. The zero-order valence-electron chi connectivity index (χ0n) is 12.1. The Morgan fingerprint density at radius 2 is 1.58 bits per heavy atom. The zero-order valence-corrected chi connectivity index (χ0v) is 12.1. The van der Waals surface area contributed by atoms with Crippen molar-refractivity contribution in [3.05, 3.63) is 59.2 Å². The molecule has 0 atom stereocenters. The number of hydrogen-bond donors (Lipinski definition) is 0. The highest BCUT2D eigenvalue weighted by molar-refractivity contribution is 5.90. The van der Waals surface area contributed by atoms with Gasteiger partial charge < -0.3 is 4.74 Å². The van der Waals surface area contributed by atoms with Gasteiger partial charge in [0, 0.05) is 0 Å². The topological polar surface area (TPSA) is 26.3 Å². The summed E-state index contributed by atoms with van der Waals surface area (Å²) < 4.78 is 82.3. The first-order valence-electron chi connectivity index (χ1n) is 6.51. The maximum Gasteiger partial charge on any atom is 0.417 e. The molecular formula is C16H10F6O2. The van der Waals surface area contributed by atoms with Crippen LogP contribution in [0.2, 0.25) is 0 Å². The minimum atomic E-state index is -4.85. The molecule has 24 heavy (non-hydrogen) atoms. The lowest BCUT2D eigenvalue weighted by molar-refractivity contribution is -0.137. The van der Waals surface area contributed by atoms with Crippen LogP contribution in [0.15, 0.2) is 42.5 Å². The Kier molecular flexibility index (Phi) is 4.59. The van der Waals surface area contributed by atoms with E-state index in [0.717, 1.165) is 37.4 Å². The number of rotatable bonds is 2. The molecule has 2 aromatic rings. The van der Waals surface area contributed by atoms with Crippen LogP contribution in [0.5, 0.6) is 0 Å². The van der Waals surface area contributed by atoms with Crippen molar-refractivity contribution in [2.75, 3.05) is 7.11 Å². The molecule has 0 saturated heterocycles. The second kappa shape index (κ2) is 6.18. The van der Waals surface area contributed by atoms with E-state index >= 15 is 0 Å². The first-order chi connectivity index (χ1) is 11.0. The number of carbonyl (C=O) groups is 1. The second-order valence-corrected chi connectivity index (χ2v) is 4.83. The van der Waals surface area contributed by atoms with Crippen molar-refractivity contribution in [2.45, 2.75) is 12.4 Å². The number of halogens is 6. The third-order valence-corrected chi connectivity index (χ3v) is 3.25. The smallest absolute Gasteiger partial charge is 0.417 e. The molecule has 2 rings (SSSR count). The molecule has 0 aliphatic carbocycles. The van der Waals surface area contributed by atoms with Crippen LogP contribution in [-0.2, 0) is 17.1 Å². The van der Waals surface area contributed by atoms with Crippen molar-refractivity contribution < 1.29 is 35.9 Å². The number of alkyl halides is 6. The van der Waals surface area contributed by atoms with Gasteiger partial charge in [-0.3, -0.25) is 0 Å². The molecule has 0 saturated carbocycles. The van der Waals surface area contributed by atoms with E-state index in [2.05, 4.69) is 4.74 Å². The van der Waals surface area contributed by atoms with Gasteiger partial charge >= 0.3 is 18.3 Å². The van der Waals surface area contributed by atoms with Gasteiger partial charge in [0.25, 0.3) is 0 Å². The van der Waals surface area contributed by atoms with Crippen LogP contribution < -0.4 is 0 Å². The summed E-state index contributed by atoms with van der Waals surface area (Å²) in [7, 11) is 1.01. The van der Waals surface area contributed by atoms with E-state index in [1.54, 1.807) is 0 Å². The van der Waals surface area contributed by atoms with E-state index in [-0.39, 0.29) is 11.1 Å². The van der Waals surface area contributed by atoms with Crippen molar-refractivity contribution in [3.63, 3.8) is 0 Å². The van der Waals surface area contributed by atoms with Crippen LogP contribution in [0.25, 0.3) is 11.1 Å². The number of ether oxygens (including phenoxy) is 1. The van der Waals surface area contributed by atoms with Crippen LogP contribution in [0.1, 0.15) is 21.5 Å². The van der Waals surface area contributed by atoms with Gasteiger partial charge in [-0.25, -0.2) is 4.79 Å². The molecule has 0 aliphatic rings. The molecule has 0 amide bonds. The average Bonchev–Trinajstić information content (AvgIpc) is 2.52. The van der Waals surface area contributed by atoms with Crippen molar-refractivity contribution >= 4 is 5.97 Å². The van der Waals surface area contributed by atoms with Crippen LogP contribution in [0, 0.1) is 0 Å². The molecule has 2 nitrogen and oxygen atoms in total. The molecule has 0 aliphatic heterocycles. The lowest BCUT2D eigenvalue weighted by atomic mass is 9.95. The monoisotopic (exact) mass is 348 g/mol. The maximum absolute atomic E-state index is 13.2. The molecular weight excluding hydrogens is 338 g/mol. The van der Waals surface area contributed by atoms with Crippen molar-refractivity contribution in [1.29, 1.82) is 0 Å². The quantitative estimate of drug-likeness (QED) is 0.552. The number of hydrogen-bond acceptors (Lipinski definition) is 2. The highest BCUT2D eigenvalue weighted by Crippen LogP contribution is 2.39. The third kappa shape index (κ3) is 3.69. The van der Waals surface area contributed by atoms with Crippen LogP contribution >= 0.6 is 0 Å². The fourth-order valence-electron chi connectivity index (χ4n) is 2.14. The maximum atomic E-state index is 13.2. The highest BCUT2D eigenvalue weighted by Gasteiger charge is 2.35. The predicted octanol–water partition coefficient (Wildman–Crippen LogP) is 5.18. The molecule has 0 bridgehead atoms. The predicted molar refractivity (Wildman–Crippen MR) is 73.2 cm³/mol. The van der Waals surface area contributed by atoms with Crippen molar-refractivity contribution in [2.24, 2.45) is 0 Å². The molecule has 8 heteroatoms. The first-order valence-corrected chi connectivity index (χ1v) is 6.51. The van der Waals surface area contributed by atoms with Crippen LogP contribution in [0.4, 0.5) is 26.3 Å². The minimum absolute atomic E-state index is 0.256. The van der Waals surface area contributed by atoms with Gasteiger partial charge in [-0.05, 0) is 35.4 Å². The van der Waals surface area contributed by atoms with E-state index in [9.17, 15) is 31.1 Å². The van der Waals surface area contributed by atoms with Gasteiger partial charge in [0.2, 0.25) is 0 Å². The van der Waals surface area contributed by atoms with Gasteiger partial charge in [-0.2, -0.15) is 26.3 Å². The summed E-state index contributed by atoms with van der Waals surface area (Å²) in [5.41, 5.74) is -3.34. The van der Waals surface area contributed by atoms with Crippen LogP contribution in [-0.4, -0.2) is 13.1 Å². The molecule has 0 heterocycles. The lowest BCUT2D eigenvalue weighted by Gasteiger charge is -2.15. The summed E-state index contributed by atoms with van der Waals surface area (Å²) in [6, 6.07) is 6.12. The lowest BCUT2D eigenvalue weighted by Crippen LogP contribution is -2.11. The summed E-state index contributed by atoms with van der Waals surface area (Å²) in [6.07, 6.45) is -9.53. The largest absolute Gasteiger partial charge is 0.465 e. The van der Waals surface area contributed by atoms with Gasteiger partial charge in [0.1, 0.15) is 0 Å². The molecule has 0 spiro atoms. The summed E-state index contributed by atoms with van der Waals surface area (Å²) in [5.74, 6) is -0.976. The molecule has 0 radical (unpaired) electrons. The summed E-state index contributed by atoms with van der Waals surface area (Å²) in [4.78, 5) is 11.4. The summed E-state index contributed by atoms with van der Waals surface area (Å²) in [6.45, 7) is 0. The highest BCUT2D eigenvalue weighted by atomic mass is 19.4. The standard InChI is InChI=1S/C16H10F6O2/c1-24-14(23)10-5-6-12(13(8-10)16(20,21)22)9-3-2-4-11(7-9)15(17,18)19/h2-8H,1H3. The molecule has 0 unspecified atom stereocenters. The van der Waals surface area contributed by atoms with Gasteiger partial charge in [0.05, 0.1) is 23.8 Å². The molecule has 0 fully saturated rings.